The predicted octanol–water partition coefficient (Wildman–Crippen LogP) is 2.78. The minimum Gasteiger partial charge on any atom is -0.497 e. The van der Waals surface area contributed by atoms with E-state index in [9.17, 15) is 0 Å². The Kier molecular flexibility index (Phi) is 5.23. The largest absolute Gasteiger partial charge is 0.497 e. The summed E-state index contributed by atoms with van der Waals surface area (Å²) in [6.07, 6.45) is 5.11. The van der Waals surface area contributed by atoms with Crippen LogP contribution in [0.2, 0.25) is 0 Å². The van der Waals surface area contributed by atoms with Crippen molar-refractivity contribution in [1.82, 2.24) is 5.32 Å². The molecule has 106 valence electrons. The molecule has 1 aliphatic rings. The molecule has 1 fully saturated rings. The maximum atomic E-state index is 5.53. The van der Waals surface area contributed by atoms with E-state index in [0.29, 0.717) is 18.2 Å². The number of benzene rings is 1. The molecule has 3 nitrogen and oxygen atoms in total. The van der Waals surface area contributed by atoms with E-state index in [1.54, 1.807) is 7.11 Å². The number of methoxy groups -OCH3 is 2. The Morgan fingerprint density at radius 3 is 2.58 bits per heavy atom. The second-order valence-corrected chi connectivity index (χ2v) is 5.43. The Morgan fingerprint density at radius 2 is 1.95 bits per heavy atom. The van der Waals surface area contributed by atoms with Gasteiger partial charge in [-0.3, -0.25) is 0 Å². The maximum absolute atomic E-state index is 5.53. The van der Waals surface area contributed by atoms with Crippen molar-refractivity contribution in [1.29, 1.82) is 0 Å². The summed E-state index contributed by atoms with van der Waals surface area (Å²) in [4.78, 5) is 0. The van der Waals surface area contributed by atoms with E-state index in [0.717, 1.165) is 12.2 Å². The van der Waals surface area contributed by atoms with Gasteiger partial charge in [0.25, 0.3) is 0 Å². The molecule has 0 bridgehead atoms. The molecule has 0 aromatic heterocycles. The molecule has 0 aliphatic heterocycles. The first-order valence-corrected chi connectivity index (χ1v) is 7.14. The normalized spacial score (nSPS) is 24.4. The second-order valence-electron chi connectivity index (χ2n) is 5.43. The lowest BCUT2D eigenvalue weighted by atomic mass is 10.1. The van der Waals surface area contributed by atoms with Gasteiger partial charge in [0, 0.05) is 19.2 Å². The van der Waals surface area contributed by atoms with Gasteiger partial charge in [0.1, 0.15) is 5.75 Å². The van der Waals surface area contributed by atoms with Gasteiger partial charge in [-0.05, 0) is 50.3 Å². The molecule has 0 amide bonds. The predicted molar refractivity (Wildman–Crippen MR) is 77.7 cm³/mol. The molecule has 0 spiro atoms. The van der Waals surface area contributed by atoms with E-state index < -0.39 is 0 Å². The minimum atomic E-state index is 0.387. The van der Waals surface area contributed by atoms with Gasteiger partial charge >= 0.3 is 0 Å². The van der Waals surface area contributed by atoms with E-state index in [2.05, 4.69) is 24.4 Å². The van der Waals surface area contributed by atoms with E-state index >= 15 is 0 Å². The molecule has 0 radical (unpaired) electrons. The zero-order valence-corrected chi connectivity index (χ0v) is 12.2. The molecule has 2 rings (SSSR count). The Bertz CT molecular complexity index is 377. The molecule has 1 N–H and O–H groups in total. The van der Waals surface area contributed by atoms with E-state index in [4.69, 9.17) is 9.47 Å². The second kappa shape index (κ2) is 6.92. The van der Waals surface area contributed by atoms with Gasteiger partial charge in [0.2, 0.25) is 0 Å². The monoisotopic (exact) mass is 263 g/mol. The van der Waals surface area contributed by atoms with Gasteiger partial charge in [0.15, 0.2) is 0 Å². The Balaban J connectivity index is 1.84. The van der Waals surface area contributed by atoms with Gasteiger partial charge in [-0.25, -0.2) is 0 Å². The lowest BCUT2D eigenvalue weighted by molar-refractivity contribution is 0.0820. The van der Waals surface area contributed by atoms with E-state index in [-0.39, 0.29) is 0 Å². The maximum Gasteiger partial charge on any atom is 0.118 e. The average Bonchev–Trinajstić information content (AvgIpc) is 2.86. The van der Waals surface area contributed by atoms with Crippen molar-refractivity contribution in [3.8, 4) is 5.75 Å². The zero-order valence-electron chi connectivity index (χ0n) is 12.2. The van der Waals surface area contributed by atoms with Gasteiger partial charge in [0.05, 0.1) is 13.2 Å². The molecule has 0 heterocycles. The summed E-state index contributed by atoms with van der Waals surface area (Å²) in [6.45, 7) is 2.25. The molecule has 1 aromatic carbocycles. The first-order chi connectivity index (χ1) is 9.22. The van der Waals surface area contributed by atoms with Crippen molar-refractivity contribution in [2.75, 3.05) is 14.2 Å². The fraction of sp³-hybridized carbons (Fsp3) is 0.625. The van der Waals surface area contributed by atoms with E-state index in [1.807, 2.05) is 19.2 Å². The molecule has 3 unspecified atom stereocenters. The standard InChI is InChI=1S/C16H25NO2/c1-12(17-15-5-4-6-16(15)19-3)11-13-7-9-14(18-2)10-8-13/h7-10,12,15-17H,4-6,11H2,1-3H3. The molecule has 19 heavy (non-hydrogen) atoms. The highest BCUT2D eigenvalue weighted by atomic mass is 16.5. The molecule has 3 atom stereocenters. The van der Waals surface area contributed by atoms with Gasteiger partial charge in [-0.15, -0.1) is 0 Å². The molecule has 1 aromatic rings. The lowest BCUT2D eigenvalue weighted by Gasteiger charge is -2.24. The van der Waals surface area contributed by atoms with Crippen LogP contribution in [0.5, 0.6) is 5.75 Å². The van der Waals surface area contributed by atoms with Crippen molar-refractivity contribution in [2.24, 2.45) is 0 Å². The fourth-order valence-corrected chi connectivity index (χ4v) is 2.94. The van der Waals surface area contributed by atoms with Gasteiger partial charge in [-0.1, -0.05) is 12.1 Å². The smallest absolute Gasteiger partial charge is 0.118 e. The van der Waals surface area contributed by atoms with Crippen LogP contribution in [-0.4, -0.2) is 32.4 Å². The lowest BCUT2D eigenvalue weighted by Crippen LogP contribution is -2.42. The van der Waals surface area contributed by atoms with Crippen LogP contribution >= 0.6 is 0 Å². The highest BCUT2D eigenvalue weighted by Gasteiger charge is 2.27. The molecule has 1 saturated carbocycles. The summed E-state index contributed by atoms with van der Waals surface area (Å²) in [5, 5.41) is 3.70. The van der Waals surface area contributed by atoms with E-state index in [1.165, 1.54) is 24.8 Å². The van der Waals surface area contributed by atoms with Gasteiger partial charge < -0.3 is 14.8 Å². The third-order valence-electron chi connectivity index (χ3n) is 3.95. The summed E-state index contributed by atoms with van der Waals surface area (Å²) in [5.41, 5.74) is 1.34. The highest BCUT2D eigenvalue weighted by molar-refractivity contribution is 5.27. The summed E-state index contributed by atoms with van der Waals surface area (Å²) in [6, 6.07) is 9.30. The molecule has 3 heteroatoms. The van der Waals surface area contributed by atoms with Crippen molar-refractivity contribution in [2.45, 2.75) is 50.8 Å². The van der Waals surface area contributed by atoms with Crippen LogP contribution in [0.25, 0.3) is 0 Å². The number of ether oxygens (including phenoxy) is 2. The van der Waals surface area contributed by atoms with Crippen LogP contribution in [0, 0.1) is 0 Å². The average molecular weight is 263 g/mol. The van der Waals surface area contributed by atoms with Crippen molar-refractivity contribution >= 4 is 0 Å². The number of rotatable bonds is 6. The molecular weight excluding hydrogens is 238 g/mol. The van der Waals surface area contributed by atoms with Crippen molar-refractivity contribution in [3.63, 3.8) is 0 Å². The quantitative estimate of drug-likeness (QED) is 0.856. The number of hydrogen-bond donors (Lipinski definition) is 1. The summed E-state index contributed by atoms with van der Waals surface area (Å²) < 4.78 is 10.7. The number of nitrogens with one attached hydrogen (secondary N) is 1. The summed E-state index contributed by atoms with van der Waals surface area (Å²) in [7, 11) is 3.52. The SMILES string of the molecule is COc1ccc(CC(C)NC2CCCC2OC)cc1. The third-order valence-corrected chi connectivity index (χ3v) is 3.95. The topological polar surface area (TPSA) is 30.5 Å². The van der Waals surface area contributed by atoms with Crippen LogP contribution < -0.4 is 10.1 Å². The molecule has 1 aliphatic carbocycles. The minimum absolute atomic E-state index is 0.387. The molecular formula is C16H25NO2. The third kappa shape index (κ3) is 3.95. The Morgan fingerprint density at radius 1 is 1.21 bits per heavy atom. The first kappa shape index (κ1) is 14.4. The van der Waals surface area contributed by atoms with Crippen molar-refractivity contribution in [3.05, 3.63) is 29.8 Å². The van der Waals surface area contributed by atoms with Crippen LogP contribution in [0.4, 0.5) is 0 Å². The zero-order chi connectivity index (χ0) is 13.7. The number of hydrogen-bond acceptors (Lipinski definition) is 3. The van der Waals surface area contributed by atoms with Crippen molar-refractivity contribution < 1.29 is 9.47 Å². The van der Waals surface area contributed by atoms with Crippen LogP contribution in [-0.2, 0) is 11.2 Å². The first-order valence-electron chi connectivity index (χ1n) is 7.14. The highest BCUT2D eigenvalue weighted by Crippen LogP contribution is 2.22. The Hall–Kier alpha value is -1.06. The van der Waals surface area contributed by atoms with Crippen LogP contribution in [0.15, 0.2) is 24.3 Å². The Labute approximate surface area is 116 Å². The van der Waals surface area contributed by atoms with Gasteiger partial charge in [-0.2, -0.15) is 0 Å². The summed E-state index contributed by atoms with van der Waals surface area (Å²) >= 11 is 0. The fourth-order valence-electron chi connectivity index (χ4n) is 2.94. The summed E-state index contributed by atoms with van der Waals surface area (Å²) in [5.74, 6) is 0.916. The molecule has 0 saturated heterocycles. The van der Waals surface area contributed by atoms with Crippen LogP contribution in [0.1, 0.15) is 31.7 Å². The van der Waals surface area contributed by atoms with Crippen LogP contribution in [0.3, 0.4) is 0 Å².